The number of nitrogen functional groups attached to an aromatic ring is 1. The number of nitrogens with zero attached hydrogens (tertiary/aromatic N) is 1. The van der Waals surface area contributed by atoms with Crippen LogP contribution in [0, 0.1) is 5.41 Å². The number of nitrogens with one attached hydrogen (secondary N) is 1. The Morgan fingerprint density at radius 3 is 2.02 bits per heavy atom. The fourth-order valence-electron chi connectivity index (χ4n) is 3.53. The highest BCUT2D eigenvalue weighted by Crippen LogP contribution is 2.18. The smallest absolute Gasteiger partial charge is 0.343 e. The molecule has 2 rings (SSSR count). The molecule has 0 aliphatic heterocycles. The predicted octanol–water partition coefficient (Wildman–Crippen LogP) is 4.26. The molecule has 0 unspecified atom stereocenters. The van der Waals surface area contributed by atoms with Crippen molar-refractivity contribution in [3.63, 3.8) is 0 Å². The van der Waals surface area contributed by atoms with Gasteiger partial charge in [-0.05, 0) is 68.8 Å². The molecular formula is C30H36ClN3O7S. The zero-order chi connectivity index (χ0) is 30.4. The van der Waals surface area contributed by atoms with Gasteiger partial charge in [-0.15, -0.1) is 30.7 Å². The second-order valence-electron chi connectivity index (χ2n) is 8.57. The number of amides is 1. The van der Waals surface area contributed by atoms with Crippen molar-refractivity contribution in [1.82, 2.24) is 4.90 Å². The third kappa shape index (κ3) is 11.1. The molecule has 1 amide bonds. The van der Waals surface area contributed by atoms with Crippen LogP contribution in [0.5, 0.6) is 5.75 Å². The molecule has 2 aromatic carbocycles. The lowest BCUT2D eigenvalue weighted by Gasteiger charge is -2.22. The monoisotopic (exact) mass is 617 g/mol. The average molecular weight is 618 g/mol. The van der Waals surface area contributed by atoms with E-state index in [9.17, 15) is 19.2 Å². The molecule has 0 aliphatic carbocycles. The first-order valence-electron chi connectivity index (χ1n) is 12.9. The van der Waals surface area contributed by atoms with Gasteiger partial charge in [-0.2, -0.15) is 0 Å². The van der Waals surface area contributed by atoms with E-state index in [0.29, 0.717) is 33.8 Å². The lowest BCUT2D eigenvalue weighted by atomic mass is 10.1. The van der Waals surface area contributed by atoms with Crippen LogP contribution in [0.25, 0.3) is 6.08 Å². The van der Waals surface area contributed by atoms with Gasteiger partial charge in [0.2, 0.25) is 5.91 Å². The van der Waals surface area contributed by atoms with E-state index >= 15 is 0 Å². The molecule has 10 nitrogen and oxygen atoms in total. The molecule has 2 aromatic rings. The first kappa shape index (κ1) is 35.9. The highest BCUT2D eigenvalue weighted by atomic mass is 35.5. The van der Waals surface area contributed by atoms with Crippen molar-refractivity contribution in [3.05, 3.63) is 83.4 Å². The number of nitrogens with two attached hydrogens (primary N) is 1. The van der Waals surface area contributed by atoms with Gasteiger partial charge in [0.15, 0.2) is 5.25 Å². The Bertz CT molecular complexity index is 1260. The summed E-state index contributed by atoms with van der Waals surface area (Å²) >= 11 is 1.06. The van der Waals surface area contributed by atoms with Gasteiger partial charge in [-0.1, -0.05) is 18.2 Å². The van der Waals surface area contributed by atoms with E-state index in [0.717, 1.165) is 11.8 Å². The van der Waals surface area contributed by atoms with Crippen LogP contribution < -0.4 is 10.5 Å². The van der Waals surface area contributed by atoms with Gasteiger partial charge < -0.3 is 24.8 Å². The molecule has 0 fully saturated rings. The van der Waals surface area contributed by atoms with Gasteiger partial charge in [0, 0.05) is 30.0 Å². The van der Waals surface area contributed by atoms with Crippen molar-refractivity contribution < 1.29 is 33.4 Å². The van der Waals surface area contributed by atoms with Crippen molar-refractivity contribution in [2.75, 3.05) is 32.1 Å². The minimum Gasteiger partial charge on any atom is -0.465 e. The molecule has 0 aromatic heterocycles. The number of hydrogen-bond donors (Lipinski definition) is 2. The van der Waals surface area contributed by atoms with Crippen LogP contribution in [0.1, 0.15) is 42.3 Å². The van der Waals surface area contributed by atoms with Crippen LogP contribution in [0.2, 0.25) is 0 Å². The third-order valence-electron chi connectivity index (χ3n) is 5.53. The van der Waals surface area contributed by atoms with Crippen LogP contribution in [0.15, 0.2) is 66.8 Å². The van der Waals surface area contributed by atoms with E-state index < -0.39 is 23.2 Å². The molecule has 226 valence electrons. The van der Waals surface area contributed by atoms with Crippen LogP contribution in [-0.2, 0) is 23.9 Å². The minimum atomic E-state index is -1.13. The Morgan fingerprint density at radius 2 is 1.52 bits per heavy atom. The largest absolute Gasteiger partial charge is 0.465 e. The summed E-state index contributed by atoms with van der Waals surface area (Å²) in [5, 5.41) is 6.30. The first-order chi connectivity index (χ1) is 19.6. The van der Waals surface area contributed by atoms with Gasteiger partial charge in [0.1, 0.15) is 11.6 Å². The molecular weight excluding hydrogens is 582 g/mol. The molecule has 0 spiro atoms. The van der Waals surface area contributed by atoms with E-state index in [1.165, 1.54) is 0 Å². The average Bonchev–Trinajstić information content (AvgIpc) is 2.95. The number of amidine groups is 1. The number of thioether (sulfide) groups is 1. The maximum atomic E-state index is 13.2. The summed E-state index contributed by atoms with van der Waals surface area (Å²) in [6.07, 6.45) is 3.29. The standard InChI is InChI=1S/C30H35N3O7S.ClH/c1-5-16-33(17-18-41-25(29(36)38-6-2)30(37)39-7-3)27(34)20(4)19-21-8-10-23(11-9-21)28(35)40-24-14-12-22(13-15-24)26(31)32;/h5,8-15,19,25H,1,6-7,16-18H2,2-4H3,(H3,31,32);1H. The molecule has 3 N–H and O–H groups in total. The second kappa shape index (κ2) is 18.4. The van der Waals surface area contributed by atoms with E-state index in [1.54, 1.807) is 86.4 Å². The molecule has 0 heterocycles. The van der Waals surface area contributed by atoms with Crippen molar-refractivity contribution >= 4 is 59.9 Å². The van der Waals surface area contributed by atoms with E-state index in [4.69, 9.17) is 25.4 Å². The zero-order valence-corrected chi connectivity index (χ0v) is 25.4. The number of ether oxygens (including phenoxy) is 3. The maximum absolute atomic E-state index is 13.2. The number of rotatable bonds is 15. The molecule has 42 heavy (non-hydrogen) atoms. The van der Waals surface area contributed by atoms with Gasteiger partial charge in [-0.25, -0.2) is 4.79 Å². The summed E-state index contributed by atoms with van der Waals surface area (Å²) in [5.41, 5.74) is 7.44. The number of hydrogen-bond acceptors (Lipinski definition) is 9. The summed E-state index contributed by atoms with van der Waals surface area (Å²) in [4.78, 5) is 51.6. The van der Waals surface area contributed by atoms with Gasteiger partial charge in [0.25, 0.3) is 0 Å². The topological polar surface area (TPSA) is 149 Å². The minimum absolute atomic E-state index is 0. The Hall–Kier alpha value is -4.09. The summed E-state index contributed by atoms with van der Waals surface area (Å²) in [5.74, 6) is -1.61. The maximum Gasteiger partial charge on any atom is 0.343 e. The third-order valence-corrected chi connectivity index (χ3v) is 6.66. The summed E-state index contributed by atoms with van der Waals surface area (Å²) in [6, 6.07) is 12.9. The van der Waals surface area contributed by atoms with Gasteiger partial charge >= 0.3 is 17.9 Å². The van der Waals surface area contributed by atoms with E-state index in [1.807, 2.05) is 0 Å². The number of carbonyl (C=O) groups excluding carboxylic acids is 4. The van der Waals surface area contributed by atoms with Gasteiger partial charge in [0.05, 0.1) is 18.8 Å². The molecule has 0 aliphatic rings. The lowest BCUT2D eigenvalue weighted by molar-refractivity contribution is -0.152. The fourth-order valence-corrected chi connectivity index (χ4v) is 4.50. The Labute approximate surface area is 256 Å². The fraction of sp³-hybridized carbons (Fsp3) is 0.300. The molecule has 0 atom stereocenters. The van der Waals surface area contributed by atoms with Crippen molar-refractivity contribution in [2.24, 2.45) is 5.73 Å². The summed E-state index contributed by atoms with van der Waals surface area (Å²) in [6.45, 7) is 9.50. The van der Waals surface area contributed by atoms with Crippen LogP contribution in [-0.4, -0.2) is 71.9 Å². The molecule has 0 bridgehead atoms. The number of carbonyl (C=O) groups is 4. The molecule has 0 radical (unpaired) electrons. The molecule has 0 saturated heterocycles. The Morgan fingerprint density at radius 1 is 0.976 bits per heavy atom. The van der Waals surface area contributed by atoms with Crippen LogP contribution in [0.4, 0.5) is 0 Å². The summed E-state index contributed by atoms with van der Waals surface area (Å²) < 4.78 is 15.3. The number of benzene rings is 2. The van der Waals surface area contributed by atoms with Crippen molar-refractivity contribution in [3.8, 4) is 5.75 Å². The number of esters is 3. The van der Waals surface area contributed by atoms with Crippen LogP contribution >= 0.6 is 24.2 Å². The Balaban J connectivity index is 0.00000882. The predicted molar refractivity (Wildman–Crippen MR) is 166 cm³/mol. The normalized spacial score (nSPS) is 10.7. The second-order valence-corrected chi connectivity index (χ2v) is 9.78. The quantitative estimate of drug-likeness (QED) is 0.0568. The lowest BCUT2D eigenvalue weighted by Crippen LogP contribution is -2.36. The SMILES string of the molecule is C=CCN(CCSC(C(=O)OCC)C(=O)OCC)C(=O)C(C)=Cc1ccc(C(=O)Oc2ccc(C(=N)N)cc2)cc1.Cl. The first-order valence-corrected chi connectivity index (χ1v) is 14.0. The molecule has 0 saturated carbocycles. The highest BCUT2D eigenvalue weighted by molar-refractivity contribution is 8.01. The van der Waals surface area contributed by atoms with E-state index in [2.05, 4.69) is 6.58 Å². The van der Waals surface area contributed by atoms with E-state index in [-0.39, 0.29) is 50.5 Å². The zero-order valence-electron chi connectivity index (χ0n) is 23.8. The van der Waals surface area contributed by atoms with Crippen molar-refractivity contribution in [1.29, 1.82) is 5.41 Å². The van der Waals surface area contributed by atoms with Crippen LogP contribution in [0.3, 0.4) is 0 Å². The highest BCUT2D eigenvalue weighted by Gasteiger charge is 2.30. The van der Waals surface area contributed by atoms with Crippen molar-refractivity contribution in [2.45, 2.75) is 26.0 Å². The molecule has 12 heteroatoms. The summed E-state index contributed by atoms with van der Waals surface area (Å²) in [7, 11) is 0. The van der Waals surface area contributed by atoms with Gasteiger partial charge in [-0.3, -0.25) is 19.8 Å². The number of halogens is 1. The Kier molecular flexibility index (Phi) is 15.7.